The maximum Gasteiger partial charge on any atom is 0.103 e. The van der Waals surface area contributed by atoms with E-state index in [-0.39, 0.29) is 0 Å². The van der Waals surface area contributed by atoms with Gasteiger partial charge < -0.3 is 16.5 Å². The standard InChI is InChI=1S/C24H29BrN6/c1-24(15-26,22-13-28-21-7-3-6-20(25)23(21)30-22)16-29-19-8-10-31(11-9-19)14-17-4-2-5-18(27)12-17/h2-7,12-13,15,19,26,29H,8-11,14,16,27H2,1H3. The van der Waals surface area contributed by atoms with Gasteiger partial charge in [-0.15, -0.1) is 0 Å². The van der Waals surface area contributed by atoms with Crippen molar-refractivity contribution in [3.63, 3.8) is 0 Å². The summed E-state index contributed by atoms with van der Waals surface area (Å²) in [6.07, 6.45) is 5.47. The first-order chi connectivity index (χ1) is 15.0. The minimum absolute atomic E-state index is 0.441. The van der Waals surface area contributed by atoms with Crippen LogP contribution in [0, 0.1) is 5.41 Å². The largest absolute Gasteiger partial charge is 0.399 e. The second kappa shape index (κ2) is 9.42. The van der Waals surface area contributed by atoms with Crippen LogP contribution in [-0.4, -0.2) is 46.8 Å². The highest BCUT2D eigenvalue weighted by Crippen LogP contribution is 2.25. The van der Waals surface area contributed by atoms with Crippen molar-refractivity contribution in [3.8, 4) is 0 Å². The van der Waals surface area contributed by atoms with Crippen molar-refractivity contribution in [2.24, 2.45) is 0 Å². The molecule has 4 N–H and O–H groups in total. The van der Waals surface area contributed by atoms with E-state index in [4.69, 9.17) is 16.1 Å². The van der Waals surface area contributed by atoms with Crippen LogP contribution in [0.25, 0.3) is 11.0 Å². The van der Waals surface area contributed by atoms with Gasteiger partial charge in [0.25, 0.3) is 0 Å². The maximum atomic E-state index is 8.08. The number of para-hydroxylation sites is 1. The van der Waals surface area contributed by atoms with Crippen LogP contribution in [0.1, 0.15) is 31.0 Å². The van der Waals surface area contributed by atoms with Crippen LogP contribution >= 0.6 is 15.9 Å². The number of hydrogen-bond donors (Lipinski definition) is 3. The monoisotopic (exact) mass is 480 g/mol. The number of nitrogens with two attached hydrogens (primary N) is 1. The first-order valence-electron chi connectivity index (χ1n) is 10.7. The molecule has 4 rings (SSSR count). The van der Waals surface area contributed by atoms with Gasteiger partial charge in [-0.25, -0.2) is 4.98 Å². The van der Waals surface area contributed by atoms with Gasteiger partial charge in [0.1, 0.15) is 5.52 Å². The maximum absolute atomic E-state index is 8.08. The van der Waals surface area contributed by atoms with Crippen molar-refractivity contribution in [3.05, 3.63) is 64.4 Å². The highest BCUT2D eigenvalue weighted by molar-refractivity contribution is 9.10. The van der Waals surface area contributed by atoms with Crippen molar-refractivity contribution in [1.82, 2.24) is 20.2 Å². The van der Waals surface area contributed by atoms with Gasteiger partial charge >= 0.3 is 0 Å². The Kier molecular flexibility index (Phi) is 6.65. The zero-order chi connectivity index (χ0) is 21.8. The Bertz CT molecular complexity index is 1060. The summed E-state index contributed by atoms with van der Waals surface area (Å²) in [7, 11) is 0. The third kappa shape index (κ3) is 5.11. The lowest BCUT2D eigenvalue weighted by Crippen LogP contribution is -2.47. The van der Waals surface area contributed by atoms with E-state index in [9.17, 15) is 0 Å². The van der Waals surface area contributed by atoms with Crippen molar-refractivity contribution < 1.29 is 0 Å². The smallest absolute Gasteiger partial charge is 0.103 e. The van der Waals surface area contributed by atoms with Gasteiger partial charge in [-0.2, -0.15) is 0 Å². The molecule has 2 heterocycles. The first-order valence-corrected chi connectivity index (χ1v) is 11.5. The van der Waals surface area contributed by atoms with E-state index in [2.05, 4.69) is 50.2 Å². The molecule has 0 radical (unpaired) electrons. The average Bonchev–Trinajstić information content (AvgIpc) is 2.78. The van der Waals surface area contributed by atoms with E-state index in [0.29, 0.717) is 12.6 Å². The molecule has 0 spiro atoms. The normalized spacial score (nSPS) is 17.5. The number of nitrogen functional groups attached to an aromatic ring is 1. The molecular formula is C24H29BrN6. The summed E-state index contributed by atoms with van der Waals surface area (Å²) in [4.78, 5) is 11.9. The molecule has 0 bridgehead atoms. The Balaban J connectivity index is 1.36. The SMILES string of the molecule is CC(C=N)(CNC1CCN(Cc2cccc(N)c2)CC1)c1cnc2cccc(Br)c2n1. The van der Waals surface area contributed by atoms with Crippen LogP contribution in [0.4, 0.5) is 5.69 Å². The Morgan fingerprint density at radius 1 is 1.26 bits per heavy atom. The van der Waals surface area contributed by atoms with Crippen molar-refractivity contribution in [2.45, 2.75) is 37.8 Å². The lowest BCUT2D eigenvalue weighted by atomic mass is 9.87. The van der Waals surface area contributed by atoms with Crippen LogP contribution in [0.5, 0.6) is 0 Å². The van der Waals surface area contributed by atoms with Crippen molar-refractivity contribution in [1.29, 1.82) is 5.41 Å². The molecule has 1 aliphatic rings. The third-order valence-electron chi connectivity index (χ3n) is 6.13. The van der Waals surface area contributed by atoms with E-state index in [0.717, 1.165) is 59.4 Å². The van der Waals surface area contributed by atoms with Gasteiger partial charge in [0, 0.05) is 35.5 Å². The number of nitrogens with zero attached hydrogens (tertiary/aromatic N) is 3. The minimum Gasteiger partial charge on any atom is -0.399 e. The Hall–Kier alpha value is -2.35. The zero-order valence-corrected chi connectivity index (χ0v) is 19.4. The lowest BCUT2D eigenvalue weighted by molar-refractivity contribution is 0.189. The average molecular weight is 481 g/mol. The van der Waals surface area contributed by atoms with Crippen LogP contribution in [0.3, 0.4) is 0 Å². The number of anilines is 1. The van der Waals surface area contributed by atoms with Gasteiger partial charge in [-0.05, 0) is 78.6 Å². The summed E-state index contributed by atoms with van der Waals surface area (Å²) in [6.45, 7) is 5.76. The number of benzene rings is 2. The topological polar surface area (TPSA) is 90.9 Å². The summed E-state index contributed by atoms with van der Waals surface area (Å²) >= 11 is 3.57. The summed E-state index contributed by atoms with van der Waals surface area (Å²) < 4.78 is 0.923. The zero-order valence-electron chi connectivity index (χ0n) is 17.8. The molecule has 1 aliphatic heterocycles. The quantitative estimate of drug-likeness (QED) is 0.349. The lowest BCUT2D eigenvalue weighted by Gasteiger charge is -2.34. The number of halogens is 1. The summed E-state index contributed by atoms with van der Waals surface area (Å²) in [5.74, 6) is 0. The van der Waals surface area contributed by atoms with Crippen LogP contribution in [-0.2, 0) is 12.0 Å². The molecule has 2 aromatic carbocycles. The highest BCUT2D eigenvalue weighted by atomic mass is 79.9. The number of aromatic nitrogens is 2. The van der Waals surface area contributed by atoms with E-state index >= 15 is 0 Å². The molecular weight excluding hydrogens is 452 g/mol. The molecule has 1 fully saturated rings. The van der Waals surface area contributed by atoms with E-state index in [1.54, 1.807) is 6.20 Å². The number of likely N-dealkylation sites (tertiary alicyclic amines) is 1. The number of nitrogens with one attached hydrogen (secondary N) is 2. The molecule has 7 heteroatoms. The molecule has 1 aromatic heterocycles. The molecule has 1 atom stereocenters. The fraction of sp³-hybridized carbons (Fsp3) is 0.375. The van der Waals surface area contributed by atoms with Crippen LogP contribution in [0.2, 0.25) is 0 Å². The van der Waals surface area contributed by atoms with Gasteiger partial charge in [-0.1, -0.05) is 18.2 Å². The van der Waals surface area contributed by atoms with E-state index in [1.807, 2.05) is 30.3 Å². The fourth-order valence-corrected chi connectivity index (χ4v) is 4.54. The molecule has 0 saturated carbocycles. The molecule has 31 heavy (non-hydrogen) atoms. The molecule has 3 aromatic rings. The fourth-order valence-electron chi connectivity index (χ4n) is 4.09. The molecule has 0 amide bonds. The van der Waals surface area contributed by atoms with Crippen LogP contribution < -0.4 is 11.1 Å². The summed E-state index contributed by atoms with van der Waals surface area (Å²) in [5, 5.41) is 11.8. The Labute approximate surface area is 191 Å². The molecule has 0 aliphatic carbocycles. The Morgan fingerprint density at radius 3 is 2.77 bits per heavy atom. The van der Waals surface area contributed by atoms with E-state index in [1.165, 1.54) is 11.8 Å². The molecule has 6 nitrogen and oxygen atoms in total. The number of piperidine rings is 1. The highest BCUT2D eigenvalue weighted by Gasteiger charge is 2.29. The molecule has 1 unspecified atom stereocenters. The van der Waals surface area contributed by atoms with Gasteiger partial charge in [-0.3, -0.25) is 9.88 Å². The predicted molar refractivity (Wildman–Crippen MR) is 131 cm³/mol. The second-order valence-corrected chi connectivity index (χ2v) is 9.46. The van der Waals surface area contributed by atoms with Crippen LogP contribution in [0.15, 0.2) is 53.1 Å². The number of rotatable bonds is 7. The van der Waals surface area contributed by atoms with Gasteiger partial charge in [0.2, 0.25) is 0 Å². The molecule has 162 valence electrons. The minimum atomic E-state index is -0.505. The summed E-state index contributed by atoms with van der Waals surface area (Å²) in [5.41, 5.74) is 9.99. The second-order valence-electron chi connectivity index (χ2n) is 8.60. The number of fused-ring (bicyclic) bond motifs is 1. The van der Waals surface area contributed by atoms with Gasteiger partial charge in [0.05, 0.1) is 22.8 Å². The Morgan fingerprint density at radius 2 is 2.03 bits per heavy atom. The van der Waals surface area contributed by atoms with E-state index < -0.39 is 5.41 Å². The van der Waals surface area contributed by atoms with Gasteiger partial charge in [0.15, 0.2) is 0 Å². The molecule has 1 saturated heterocycles. The predicted octanol–water partition coefficient (Wildman–Crippen LogP) is 4.14. The van der Waals surface area contributed by atoms with Crippen molar-refractivity contribution >= 4 is 38.9 Å². The third-order valence-corrected chi connectivity index (χ3v) is 6.77. The summed E-state index contributed by atoms with van der Waals surface area (Å²) in [6, 6.07) is 14.5. The van der Waals surface area contributed by atoms with Crippen molar-refractivity contribution in [2.75, 3.05) is 25.4 Å². The number of hydrogen-bond acceptors (Lipinski definition) is 6. The first kappa shape index (κ1) is 21.9.